The summed E-state index contributed by atoms with van der Waals surface area (Å²) in [7, 11) is 0. The molecule has 3 N–H and O–H groups in total. The average molecular weight is 405 g/mol. The zero-order valence-electron chi connectivity index (χ0n) is 17.5. The van der Waals surface area contributed by atoms with Crippen LogP contribution in [0.25, 0.3) is 16.9 Å². The lowest BCUT2D eigenvalue weighted by Crippen LogP contribution is -2.29. The largest absolute Gasteiger partial charge is 0.455 e. The lowest BCUT2D eigenvalue weighted by molar-refractivity contribution is 0.343. The lowest BCUT2D eigenvalue weighted by atomic mass is 10.0. The standard InChI is InChI=1S/C21H22N6O.C2H6/c22-21-18(19-2-1-14-3-6-24-12-20(14)28-19)9-15(10-25-21)16-11-26-27(13-16)17-4-7-23-8-5-17;1-2/h2-3,6,9-13,17,23H,1,4-5,7-8H2,(H2,22,25);1-2H3. The Hall–Kier alpha value is -3.19. The highest BCUT2D eigenvalue weighted by molar-refractivity contribution is 5.76. The third-order valence-corrected chi connectivity index (χ3v) is 5.40. The van der Waals surface area contributed by atoms with Gasteiger partial charge in [0.2, 0.25) is 0 Å². The van der Waals surface area contributed by atoms with Gasteiger partial charge < -0.3 is 15.8 Å². The first-order chi connectivity index (χ1) is 14.8. The van der Waals surface area contributed by atoms with E-state index in [1.165, 1.54) is 0 Å². The molecule has 0 amide bonds. The van der Waals surface area contributed by atoms with Crippen molar-refractivity contribution in [1.82, 2.24) is 25.1 Å². The topological polar surface area (TPSA) is 90.9 Å². The van der Waals surface area contributed by atoms with E-state index < -0.39 is 0 Å². The molecule has 5 rings (SSSR count). The Bertz CT molecular complexity index is 1040. The van der Waals surface area contributed by atoms with Crippen LogP contribution in [0.4, 0.5) is 5.82 Å². The number of hydrogen-bond acceptors (Lipinski definition) is 6. The summed E-state index contributed by atoms with van der Waals surface area (Å²) in [6.07, 6.45) is 14.3. The summed E-state index contributed by atoms with van der Waals surface area (Å²) >= 11 is 0. The maximum atomic E-state index is 6.17. The molecule has 1 fully saturated rings. The van der Waals surface area contributed by atoms with Gasteiger partial charge in [0.25, 0.3) is 0 Å². The molecule has 7 nitrogen and oxygen atoms in total. The van der Waals surface area contributed by atoms with E-state index in [0.717, 1.165) is 66.1 Å². The van der Waals surface area contributed by atoms with Gasteiger partial charge in [-0.25, -0.2) is 4.98 Å². The van der Waals surface area contributed by atoms with Gasteiger partial charge in [-0.05, 0) is 50.6 Å². The van der Waals surface area contributed by atoms with E-state index >= 15 is 0 Å². The summed E-state index contributed by atoms with van der Waals surface area (Å²) in [5.41, 5.74) is 10.1. The maximum absolute atomic E-state index is 6.17. The molecular weight excluding hydrogens is 376 g/mol. The molecule has 0 radical (unpaired) electrons. The number of hydrogen-bond donors (Lipinski definition) is 2. The number of nitrogens with one attached hydrogen (secondary N) is 1. The van der Waals surface area contributed by atoms with Crippen LogP contribution in [0.3, 0.4) is 0 Å². The second kappa shape index (κ2) is 9.09. The van der Waals surface area contributed by atoms with Crippen molar-refractivity contribution >= 4 is 11.6 Å². The molecule has 0 spiro atoms. The van der Waals surface area contributed by atoms with Crippen molar-refractivity contribution in [3.8, 4) is 16.9 Å². The van der Waals surface area contributed by atoms with Gasteiger partial charge in [-0.1, -0.05) is 13.8 Å². The molecule has 156 valence electrons. The van der Waals surface area contributed by atoms with E-state index in [1.807, 2.05) is 38.3 Å². The highest BCUT2D eigenvalue weighted by Crippen LogP contribution is 2.33. The molecule has 0 saturated carbocycles. The fourth-order valence-corrected chi connectivity index (χ4v) is 3.79. The van der Waals surface area contributed by atoms with Crippen LogP contribution >= 0.6 is 0 Å². The van der Waals surface area contributed by atoms with Crippen molar-refractivity contribution in [3.63, 3.8) is 0 Å². The summed E-state index contributed by atoms with van der Waals surface area (Å²) in [6.45, 7) is 6.07. The molecule has 3 aromatic heterocycles. The second-order valence-electron chi connectivity index (χ2n) is 7.20. The quantitative estimate of drug-likeness (QED) is 0.689. The number of rotatable bonds is 3. The van der Waals surface area contributed by atoms with Crippen LogP contribution in [0, 0.1) is 0 Å². The van der Waals surface area contributed by atoms with Crippen LogP contribution in [-0.2, 0) is 6.42 Å². The molecular formula is C23H28N6O. The van der Waals surface area contributed by atoms with E-state index in [1.54, 1.807) is 18.6 Å². The number of nitrogens with two attached hydrogens (primary N) is 1. The van der Waals surface area contributed by atoms with E-state index in [4.69, 9.17) is 10.5 Å². The molecule has 2 aliphatic rings. The Kier molecular flexibility index (Phi) is 6.09. The normalized spacial score (nSPS) is 16.0. The van der Waals surface area contributed by atoms with Crippen LogP contribution in [0.5, 0.6) is 5.75 Å². The Morgan fingerprint density at radius 1 is 1.13 bits per heavy atom. The zero-order chi connectivity index (χ0) is 20.9. The van der Waals surface area contributed by atoms with Gasteiger partial charge in [0, 0.05) is 35.3 Å². The summed E-state index contributed by atoms with van der Waals surface area (Å²) in [5, 5.41) is 7.98. The first-order valence-electron chi connectivity index (χ1n) is 10.6. The molecule has 7 heteroatoms. The number of pyridine rings is 2. The highest BCUT2D eigenvalue weighted by atomic mass is 16.5. The number of allylic oxidation sites excluding steroid dienone is 1. The Morgan fingerprint density at radius 3 is 2.80 bits per heavy atom. The molecule has 0 aromatic carbocycles. The summed E-state index contributed by atoms with van der Waals surface area (Å²) in [5.74, 6) is 1.94. The number of ether oxygens (including phenoxy) is 1. The summed E-state index contributed by atoms with van der Waals surface area (Å²) in [6, 6.07) is 4.44. The minimum Gasteiger partial charge on any atom is -0.455 e. The van der Waals surface area contributed by atoms with Crippen molar-refractivity contribution < 1.29 is 4.74 Å². The van der Waals surface area contributed by atoms with Crippen molar-refractivity contribution in [2.24, 2.45) is 0 Å². The SMILES string of the molecule is CC.Nc1ncc(-c2cnn(C3CCNCC3)c2)cc1C1=CCc2ccncc2O1. The number of nitrogen functional groups attached to an aromatic ring is 1. The van der Waals surface area contributed by atoms with Gasteiger partial charge in [-0.15, -0.1) is 0 Å². The molecule has 0 unspecified atom stereocenters. The molecule has 30 heavy (non-hydrogen) atoms. The molecule has 3 aromatic rings. The lowest BCUT2D eigenvalue weighted by Gasteiger charge is -2.22. The van der Waals surface area contributed by atoms with Crippen LogP contribution in [-0.4, -0.2) is 32.8 Å². The van der Waals surface area contributed by atoms with Crippen LogP contribution in [0.2, 0.25) is 0 Å². The minimum absolute atomic E-state index is 0.449. The van der Waals surface area contributed by atoms with Gasteiger partial charge in [0.1, 0.15) is 17.3 Å². The van der Waals surface area contributed by atoms with Gasteiger partial charge in [0.05, 0.1) is 24.0 Å². The van der Waals surface area contributed by atoms with Gasteiger partial charge >= 0.3 is 0 Å². The summed E-state index contributed by atoms with van der Waals surface area (Å²) in [4.78, 5) is 8.55. The first-order valence-corrected chi connectivity index (χ1v) is 10.6. The van der Waals surface area contributed by atoms with Gasteiger partial charge in [-0.3, -0.25) is 9.67 Å². The van der Waals surface area contributed by atoms with Crippen LogP contribution < -0.4 is 15.8 Å². The average Bonchev–Trinajstić information content (AvgIpc) is 3.31. The zero-order valence-corrected chi connectivity index (χ0v) is 17.5. The van der Waals surface area contributed by atoms with Crippen LogP contribution in [0.1, 0.15) is 43.9 Å². The molecule has 5 heterocycles. The number of anilines is 1. The predicted molar refractivity (Wildman–Crippen MR) is 119 cm³/mol. The predicted octanol–water partition coefficient (Wildman–Crippen LogP) is 3.85. The number of nitrogens with zero attached hydrogens (tertiary/aromatic N) is 4. The maximum Gasteiger partial charge on any atom is 0.149 e. The second-order valence-corrected chi connectivity index (χ2v) is 7.20. The smallest absolute Gasteiger partial charge is 0.149 e. The Balaban J connectivity index is 0.00000106. The van der Waals surface area contributed by atoms with Gasteiger partial charge in [-0.2, -0.15) is 5.10 Å². The molecule has 1 saturated heterocycles. The van der Waals surface area contributed by atoms with E-state index in [2.05, 4.69) is 31.3 Å². The molecule has 0 bridgehead atoms. The molecule has 2 aliphatic heterocycles. The first kappa shape index (κ1) is 20.1. The number of fused-ring (bicyclic) bond motifs is 1. The Morgan fingerprint density at radius 2 is 1.97 bits per heavy atom. The third-order valence-electron chi connectivity index (χ3n) is 5.40. The van der Waals surface area contributed by atoms with Crippen molar-refractivity contribution in [3.05, 3.63) is 60.3 Å². The monoisotopic (exact) mass is 404 g/mol. The van der Waals surface area contributed by atoms with Crippen molar-refractivity contribution in [2.45, 2.75) is 39.2 Å². The van der Waals surface area contributed by atoms with Crippen molar-refractivity contribution in [1.29, 1.82) is 0 Å². The Labute approximate surface area is 177 Å². The molecule has 0 aliphatic carbocycles. The third kappa shape index (κ3) is 4.07. The fourth-order valence-electron chi connectivity index (χ4n) is 3.79. The van der Waals surface area contributed by atoms with Gasteiger partial charge in [0.15, 0.2) is 0 Å². The highest BCUT2D eigenvalue weighted by Gasteiger charge is 2.19. The minimum atomic E-state index is 0.449. The number of aromatic nitrogens is 4. The van der Waals surface area contributed by atoms with E-state index in [9.17, 15) is 0 Å². The van der Waals surface area contributed by atoms with E-state index in [-0.39, 0.29) is 0 Å². The van der Waals surface area contributed by atoms with Crippen LogP contribution in [0.15, 0.2) is 49.2 Å². The molecule has 0 atom stereocenters. The van der Waals surface area contributed by atoms with E-state index in [0.29, 0.717) is 11.9 Å². The summed E-state index contributed by atoms with van der Waals surface area (Å²) < 4.78 is 8.11. The van der Waals surface area contributed by atoms with Crippen molar-refractivity contribution in [2.75, 3.05) is 18.8 Å². The number of piperidine rings is 1. The fraction of sp³-hybridized carbons (Fsp3) is 0.348.